The summed E-state index contributed by atoms with van der Waals surface area (Å²) >= 11 is 1.59. The van der Waals surface area contributed by atoms with Crippen molar-refractivity contribution in [2.75, 3.05) is 12.3 Å². The first-order valence-electron chi connectivity index (χ1n) is 17.3. The Morgan fingerprint density at radius 2 is 1.69 bits per heavy atom. The first kappa shape index (κ1) is 36.6. The highest BCUT2D eigenvalue weighted by atomic mass is 32.1. The van der Waals surface area contributed by atoms with Crippen LogP contribution in [0.5, 0.6) is 5.75 Å². The average molecular weight is 720 g/mol. The van der Waals surface area contributed by atoms with E-state index in [-0.39, 0.29) is 42.4 Å². The van der Waals surface area contributed by atoms with Crippen LogP contribution in [0, 0.1) is 12.3 Å². The second-order valence-electron chi connectivity index (χ2n) is 14.4. The van der Waals surface area contributed by atoms with Crippen molar-refractivity contribution in [3.8, 4) is 38.6 Å². The molecule has 0 bridgehead atoms. The largest absolute Gasteiger partial charge is 0.507 e. The van der Waals surface area contributed by atoms with Gasteiger partial charge in [0.2, 0.25) is 11.8 Å². The number of likely N-dealkylation sites (tertiary alicyclic amines) is 1. The van der Waals surface area contributed by atoms with Crippen molar-refractivity contribution in [1.29, 1.82) is 0 Å². The molecule has 3 aromatic carbocycles. The lowest BCUT2D eigenvalue weighted by Gasteiger charge is -2.35. The number of phenolic OH excluding ortho intramolecular Hbond substituents is 1. The van der Waals surface area contributed by atoms with Crippen LogP contribution in [0.4, 0.5) is 5.82 Å². The summed E-state index contributed by atoms with van der Waals surface area (Å²) in [5, 5.41) is 35.8. The molecule has 12 heteroatoms. The minimum atomic E-state index is -0.799. The number of carbonyl (C=O) groups excluding carboxylic acids is 2. The van der Waals surface area contributed by atoms with Crippen molar-refractivity contribution in [2.45, 2.75) is 71.8 Å². The zero-order valence-electron chi connectivity index (χ0n) is 30.0. The van der Waals surface area contributed by atoms with Crippen LogP contribution in [0.3, 0.4) is 0 Å². The second kappa shape index (κ2) is 15.2. The SMILES string of the molecule is Cc1ncsc1-c1ccc([C@H](C)NC(=O)[C@@H]2C[C@@H](O)CN2C(=O)[C@@H](NCc2ccc(-c3cc(-c4ccccc4O)nnc3N)cc2)C(C)(C)C)cc1. The van der Waals surface area contributed by atoms with Gasteiger partial charge in [0.1, 0.15) is 11.8 Å². The molecule has 0 radical (unpaired) electrons. The lowest BCUT2D eigenvalue weighted by atomic mass is 9.85. The van der Waals surface area contributed by atoms with E-state index in [2.05, 4.69) is 25.8 Å². The quantitative estimate of drug-likeness (QED) is 0.119. The maximum atomic E-state index is 14.2. The first-order chi connectivity index (χ1) is 24.8. The number of hydrogen-bond donors (Lipinski definition) is 5. The van der Waals surface area contributed by atoms with Gasteiger partial charge in [-0.1, -0.05) is 81.4 Å². The molecule has 0 unspecified atom stereocenters. The number of aromatic hydroxyl groups is 1. The number of anilines is 1. The van der Waals surface area contributed by atoms with Crippen LogP contribution in [0.15, 0.2) is 84.4 Å². The van der Waals surface area contributed by atoms with Gasteiger partial charge in [0, 0.05) is 30.6 Å². The summed E-state index contributed by atoms with van der Waals surface area (Å²) in [5.74, 6) is -0.154. The van der Waals surface area contributed by atoms with Crippen LogP contribution in [-0.2, 0) is 16.1 Å². The molecule has 270 valence electrons. The first-order valence-corrected chi connectivity index (χ1v) is 18.2. The summed E-state index contributed by atoms with van der Waals surface area (Å²) in [6.45, 7) is 10.3. The molecule has 1 aliphatic heterocycles. The summed E-state index contributed by atoms with van der Waals surface area (Å²) in [6, 6.07) is 22.8. The number of phenols is 1. The maximum absolute atomic E-state index is 14.2. The van der Waals surface area contributed by atoms with E-state index in [0.29, 0.717) is 23.4 Å². The van der Waals surface area contributed by atoms with Crippen molar-refractivity contribution >= 4 is 29.0 Å². The van der Waals surface area contributed by atoms with Crippen molar-refractivity contribution in [2.24, 2.45) is 5.41 Å². The Hall–Kier alpha value is -5.17. The molecule has 5 aromatic rings. The van der Waals surface area contributed by atoms with Crippen LogP contribution in [-0.4, -0.2) is 66.8 Å². The molecule has 11 nitrogen and oxygen atoms in total. The number of aliphatic hydroxyl groups excluding tert-OH is 1. The number of amides is 2. The van der Waals surface area contributed by atoms with Gasteiger partial charge in [-0.15, -0.1) is 21.5 Å². The number of nitrogens with two attached hydrogens (primary N) is 1. The third-order valence-electron chi connectivity index (χ3n) is 9.53. The van der Waals surface area contributed by atoms with E-state index in [9.17, 15) is 19.8 Å². The molecule has 0 aliphatic carbocycles. The molecule has 4 atom stereocenters. The highest BCUT2D eigenvalue weighted by Gasteiger charge is 2.44. The number of nitrogens with zero attached hydrogens (tertiary/aromatic N) is 4. The van der Waals surface area contributed by atoms with Gasteiger partial charge in [-0.05, 0) is 59.7 Å². The van der Waals surface area contributed by atoms with Gasteiger partial charge in [0.05, 0.1) is 40.0 Å². The lowest BCUT2D eigenvalue weighted by molar-refractivity contribution is -0.142. The molecule has 2 amide bonds. The normalized spacial score (nSPS) is 17.2. The summed E-state index contributed by atoms with van der Waals surface area (Å²) in [6.07, 6.45) is -0.628. The Kier molecular flexibility index (Phi) is 10.7. The topological polar surface area (TPSA) is 167 Å². The third-order valence-corrected chi connectivity index (χ3v) is 10.5. The number of aliphatic hydroxyl groups is 1. The number of para-hydroxylation sites is 1. The Bertz CT molecular complexity index is 2040. The molecule has 52 heavy (non-hydrogen) atoms. The molecule has 2 aromatic heterocycles. The summed E-state index contributed by atoms with van der Waals surface area (Å²) in [5.41, 5.74) is 14.0. The zero-order chi connectivity index (χ0) is 37.2. The van der Waals surface area contributed by atoms with E-state index < -0.39 is 23.6 Å². The van der Waals surface area contributed by atoms with Crippen LogP contribution >= 0.6 is 11.3 Å². The number of thiazole rings is 1. The lowest BCUT2D eigenvalue weighted by Crippen LogP contribution is -2.56. The Morgan fingerprint density at radius 3 is 2.35 bits per heavy atom. The summed E-state index contributed by atoms with van der Waals surface area (Å²) in [7, 11) is 0. The van der Waals surface area contributed by atoms with Gasteiger partial charge < -0.3 is 31.5 Å². The van der Waals surface area contributed by atoms with Gasteiger partial charge in [-0.2, -0.15) is 0 Å². The number of aromatic nitrogens is 3. The molecular formula is C40H45N7O4S. The fraction of sp³-hybridized carbons (Fsp3) is 0.325. The molecular weight excluding hydrogens is 675 g/mol. The van der Waals surface area contributed by atoms with Crippen molar-refractivity contribution in [3.05, 3.63) is 101 Å². The summed E-state index contributed by atoms with van der Waals surface area (Å²) < 4.78 is 0. The van der Waals surface area contributed by atoms with Crippen LogP contribution in [0.2, 0.25) is 0 Å². The van der Waals surface area contributed by atoms with Crippen LogP contribution in [0.25, 0.3) is 32.8 Å². The number of nitrogens with one attached hydrogen (secondary N) is 2. The maximum Gasteiger partial charge on any atom is 0.243 e. The van der Waals surface area contributed by atoms with Crippen molar-refractivity contribution < 1.29 is 19.8 Å². The van der Waals surface area contributed by atoms with Gasteiger partial charge in [-0.25, -0.2) is 4.98 Å². The highest BCUT2D eigenvalue weighted by molar-refractivity contribution is 7.13. The fourth-order valence-electron chi connectivity index (χ4n) is 6.61. The Balaban J connectivity index is 1.12. The molecule has 3 heterocycles. The van der Waals surface area contributed by atoms with Gasteiger partial charge in [0.15, 0.2) is 5.82 Å². The average Bonchev–Trinajstić information content (AvgIpc) is 3.74. The fourth-order valence-corrected chi connectivity index (χ4v) is 7.42. The summed E-state index contributed by atoms with van der Waals surface area (Å²) in [4.78, 5) is 34.8. The molecule has 6 rings (SSSR count). The van der Waals surface area contributed by atoms with E-state index in [1.54, 1.807) is 35.6 Å². The molecule has 0 spiro atoms. The Labute approximate surface area is 308 Å². The van der Waals surface area contributed by atoms with E-state index in [4.69, 9.17) is 5.73 Å². The molecule has 1 saturated heterocycles. The number of carbonyl (C=O) groups is 2. The van der Waals surface area contributed by atoms with E-state index in [1.807, 2.05) is 94.7 Å². The standard InChI is InChI=1S/C40H45N7O4S/c1-23(26-14-16-28(17-15-26)35-24(2)43-22-52-35)44-38(50)33-18-29(48)21-47(33)39(51)36(40(3,4)5)42-20-25-10-12-27(13-11-25)31-19-32(45-46-37(31)41)30-8-6-7-9-34(30)49/h6-17,19,22-23,29,33,36,42,48-49H,18,20-21H2,1-5H3,(H2,41,46)(H,44,50)/t23-,29+,33-,36+/m0/s1. The van der Waals surface area contributed by atoms with Crippen molar-refractivity contribution in [1.82, 2.24) is 30.7 Å². The van der Waals surface area contributed by atoms with E-state index in [1.165, 1.54) is 4.90 Å². The zero-order valence-corrected chi connectivity index (χ0v) is 30.8. The minimum absolute atomic E-state index is 0.0846. The predicted octanol–water partition coefficient (Wildman–Crippen LogP) is 5.87. The van der Waals surface area contributed by atoms with Crippen LogP contribution in [0.1, 0.15) is 57.0 Å². The second-order valence-corrected chi connectivity index (χ2v) is 15.3. The predicted molar refractivity (Wildman–Crippen MR) is 204 cm³/mol. The number of nitrogen functional groups attached to an aromatic ring is 1. The highest BCUT2D eigenvalue weighted by Crippen LogP contribution is 2.33. The molecule has 6 N–H and O–H groups in total. The number of hydrogen-bond acceptors (Lipinski definition) is 10. The number of benzene rings is 3. The van der Waals surface area contributed by atoms with E-state index in [0.717, 1.165) is 32.8 Å². The van der Waals surface area contributed by atoms with Gasteiger partial charge >= 0.3 is 0 Å². The smallest absolute Gasteiger partial charge is 0.243 e. The Morgan fingerprint density at radius 1 is 1.00 bits per heavy atom. The molecule has 1 aliphatic rings. The van der Waals surface area contributed by atoms with Gasteiger partial charge in [0.25, 0.3) is 0 Å². The molecule has 0 saturated carbocycles. The number of β-amino-alcohol motifs (C(OH)–C–C–N with tert-alkyl or cyclic N) is 1. The van der Waals surface area contributed by atoms with Crippen LogP contribution < -0.4 is 16.4 Å². The number of rotatable bonds is 10. The monoisotopic (exact) mass is 719 g/mol. The van der Waals surface area contributed by atoms with Crippen molar-refractivity contribution in [3.63, 3.8) is 0 Å². The van der Waals surface area contributed by atoms with E-state index >= 15 is 0 Å². The molecule has 1 fully saturated rings. The third kappa shape index (κ3) is 7.99. The number of aryl methyl sites for hydroxylation is 1. The van der Waals surface area contributed by atoms with Gasteiger partial charge in [-0.3, -0.25) is 9.59 Å². The minimum Gasteiger partial charge on any atom is -0.507 e.